The number of amides is 5. The van der Waals surface area contributed by atoms with Gasteiger partial charge in [-0.25, -0.2) is 5.10 Å². The molecule has 53 heavy (non-hydrogen) atoms. The first-order chi connectivity index (χ1) is 25.3. The number of nitrogens with zero attached hydrogens (tertiary/aromatic N) is 4. The summed E-state index contributed by atoms with van der Waals surface area (Å²) in [6, 6.07) is 5.16. The molecule has 1 aromatic heterocycles. The summed E-state index contributed by atoms with van der Waals surface area (Å²) in [6.45, 7) is 11.3. The lowest BCUT2D eigenvalue weighted by molar-refractivity contribution is -0.145. The minimum absolute atomic E-state index is 0.102. The number of aryl methyl sites for hydroxylation is 1. The average molecular weight is 736 g/mol. The van der Waals surface area contributed by atoms with Gasteiger partial charge in [-0.2, -0.15) is 0 Å². The van der Waals surface area contributed by atoms with Gasteiger partial charge < -0.3 is 26.2 Å². The molecule has 2 aromatic rings. The minimum Gasteiger partial charge on any atom is -0.344 e. The molecule has 1 saturated carbocycles. The smallest absolute Gasteiger partial charge is 0.290 e. The number of Topliss-reactive ketones (excluding diaryl/α,β-unsaturated/α-hetero) is 1. The number of benzene rings is 1. The van der Waals surface area contributed by atoms with Gasteiger partial charge >= 0.3 is 0 Å². The van der Waals surface area contributed by atoms with E-state index in [2.05, 4.69) is 41.9 Å². The maximum atomic E-state index is 14.4. The third-order valence-corrected chi connectivity index (χ3v) is 10.5. The summed E-state index contributed by atoms with van der Waals surface area (Å²) >= 11 is 0. The van der Waals surface area contributed by atoms with Crippen LogP contribution in [0, 0.1) is 23.7 Å². The fourth-order valence-corrected chi connectivity index (χ4v) is 7.51. The number of rotatable bonds is 19. The first-order valence-electron chi connectivity index (χ1n) is 19.1. The third kappa shape index (κ3) is 10.9. The SMILES string of the molecule is CCCC(NC(=O)C1[C@H]2CCC[C@H]2CN1C(=O)C(NC(=O)[C@H](NC(=O)CCCCc1nnn[nH]1)C(C)C)C(C)C)C(=O)C(=O)N[C@H](C)c1ccccc1. The van der Waals surface area contributed by atoms with Crippen molar-refractivity contribution in [3.8, 4) is 0 Å². The lowest BCUT2D eigenvalue weighted by Gasteiger charge is -2.34. The van der Waals surface area contributed by atoms with Crippen molar-refractivity contribution in [3.63, 3.8) is 0 Å². The molecule has 15 heteroatoms. The van der Waals surface area contributed by atoms with Crippen LogP contribution in [0.25, 0.3) is 0 Å². The van der Waals surface area contributed by atoms with Crippen LogP contribution in [0.1, 0.15) is 110 Å². The normalized spacial score (nSPS) is 20.3. The first kappa shape index (κ1) is 41.1. The molecule has 290 valence electrons. The van der Waals surface area contributed by atoms with Crippen LogP contribution in [0.4, 0.5) is 0 Å². The van der Waals surface area contributed by atoms with E-state index >= 15 is 0 Å². The van der Waals surface area contributed by atoms with Crippen LogP contribution in [-0.4, -0.2) is 91.6 Å². The topological polar surface area (TPSA) is 208 Å². The van der Waals surface area contributed by atoms with Crippen molar-refractivity contribution in [2.45, 2.75) is 130 Å². The van der Waals surface area contributed by atoms with Crippen LogP contribution in [0.3, 0.4) is 0 Å². The molecule has 7 atom stereocenters. The van der Waals surface area contributed by atoms with E-state index in [4.69, 9.17) is 0 Å². The van der Waals surface area contributed by atoms with Crippen LogP contribution < -0.4 is 21.3 Å². The van der Waals surface area contributed by atoms with Crippen LogP contribution in [-0.2, 0) is 35.2 Å². The number of fused-ring (bicyclic) bond motifs is 1. The summed E-state index contributed by atoms with van der Waals surface area (Å²) in [5, 5.41) is 25.0. The Kier molecular flexibility index (Phi) is 15.0. The molecule has 0 radical (unpaired) electrons. The number of aromatic amines is 1. The van der Waals surface area contributed by atoms with E-state index in [9.17, 15) is 28.8 Å². The fourth-order valence-electron chi connectivity index (χ4n) is 7.51. The molecule has 15 nitrogen and oxygen atoms in total. The molecule has 2 fully saturated rings. The van der Waals surface area contributed by atoms with E-state index in [0.717, 1.165) is 24.8 Å². The number of carbonyl (C=O) groups excluding carboxylic acids is 6. The van der Waals surface area contributed by atoms with Crippen molar-refractivity contribution >= 4 is 35.3 Å². The molecule has 5 amide bonds. The highest BCUT2D eigenvalue weighted by Crippen LogP contribution is 2.42. The average Bonchev–Trinajstić information content (AvgIpc) is 3.89. The maximum Gasteiger partial charge on any atom is 0.290 e. The Hall–Kier alpha value is -4.69. The van der Waals surface area contributed by atoms with E-state index in [0.29, 0.717) is 38.1 Å². The number of ketones is 1. The Labute approximate surface area is 311 Å². The molecule has 1 saturated heterocycles. The maximum absolute atomic E-state index is 14.4. The zero-order chi connectivity index (χ0) is 38.7. The highest BCUT2D eigenvalue weighted by atomic mass is 16.2. The Morgan fingerprint density at radius 1 is 0.887 bits per heavy atom. The second-order valence-corrected chi connectivity index (χ2v) is 15.2. The molecular formula is C38H57N9O6. The predicted molar refractivity (Wildman–Crippen MR) is 196 cm³/mol. The summed E-state index contributed by atoms with van der Waals surface area (Å²) in [5.74, 6) is -3.05. The van der Waals surface area contributed by atoms with E-state index in [1.54, 1.807) is 11.8 Å². The van der Waals surface area contributed by atoms with Gasteiger partial charge in [0.1, 0.15) is 23.9 Å². The van der Waals surface area contributed by atoms with E-state index in [-0.39, 0.29) is 48.3 Å². The molecule has 2 heterocycles. The fraction of sp³-hybridized carbons (Fsp3) is 0.658. The predicted octanol–water partition coefficient (Wildman–Crippen LogP) is 2.55. The molecule has 1 aromatic carbocycles. The van der Waals surface area contributed by atoms with Gasteiger partial charge in [-0.15, -0.1) is 5.10 Å². The standard InChI is InChI=1S/C38H57N9O6/c1-7-14-28(34(49)37(52)39-24(6)25-15-9-8-10-16-25)40-36(51)33-27-18-13-17-26(27)21-47(33)38(53)32(23(4)5)42-35(50)31(22(2)3)41-30(48)20-12-11-19-29-43-45-46-44-29/h8-10,15-16,22-24,26-28,31-33H,7,11-14,17-21H2,1-6H3,(H,39,52)(H,40,51)(H,41,48)(H,42,50)(H,43,44,45,46)/t24-,26+,27+,28?,31-,32?,33?/m1/s1. The van der Waals surface area contributed by atoms with Crippen LogP contribution in [0.15, 0.2) is 30.3 Å². The van der Waals surface area contributed by atoms with E-state index in [1.165, 1.54) is 0 Å². The monoisotopic (exact) mass is 735 g/mol. The van der Waals surface area contributed by atoms with Gasteiger partial charge in [0.15, 0.2) is 0 Å². The van der Waals surface area contributed by atoms with Crippen molar-refractivity contribution in [2.75, 3.05) is 6.54 Å². The zero-order valence-corrected chi connectivity index (χ0v) is 31.9. The summed E-state index contributed by atoms with van der Waals surface area (Å²) in [7, 11) is 0. The van der Waals surface area contributed by atoms with E-state index < -0.39 is 53.7 Å². The lowest BCUT2D eigenvalue weighted by Crippen LogP contribution is -2.60. The molecular weight excluding hydrogens is 678 g/mol. The molecule has 1 aliphatic carbocycles. The Morgan fingerprint density at radius 3 is 2.25 bits per heavy atom. The van der Waals surface area contributed by atoms with Gasteiger partial charge in [0.2, 0.25) is 29.4 Å². The van der Waals surface area contributed by atoms with E-state index in [1.807, 2.05) is 65.0 Å². The van der Waals surface area contributed by atoms with Crippen molar-refractivity contribution in [1.82, 2.24) is 46.8 Å². The van der Waals surface area contributed by atoms with Gasteiger partial charge in [-0.3, -0.25) is 28.8 Å². The summed E-state index contributed by atoms with van der Waals surface area (Å²) in [5.41, 5.74) is 0.847. The van der Waals surface area contributed by atoms with Crippen LogP contribution in [0.5, 0.6) is 0 Å². The zero-order valence-electron chi connectivity index (χ0n) is 31.9. The summed E-state index contributed by atoms with van der Waals surface area (Å²) in [6.07, 6.45) is 5.44. The Balaban J connectivity index is 1.42. The van der Waals surface area contributed by atoms with Crippen molar-refractivity contribution in [3.05, 3.63) is 41.7 Å². The molecule has 0 spiro atoms. The number of likely N-dealkylation sites (tertiary alicyclic amines) is 1. The third-order valence-electron chi connectivity index (χ3n) is 10.5. The highest BCUT2D eigenvalue weighted by Gasteiger charge is 2.51. The molecule has 1 aliphatic heterocycles. The number of aromatic nitrogens is 4. The van der Waals surface area contributed by atoms with Gasteiger partial charge in [-0.1, -0.05) is 77.8 Å². The van der Waals surface area contributed by atoms with Crippen molar-refractivity contribution < 1.29 is 28.8 Å². The van der Waals surface area contributed by atoms with Gasteiger partial charge in [-0.05, 0) is 78.7 Å². The quantitative estimate of drug-likeness (QED) is 0.106. The van der Waals surface area contributed by atoms with Gasteiger partial charge in [0.25, 0.3) is 5.91 Å². The lowest BCUT2D eigenvalue weighted by atomic mass is 9.92. The minimum atomic E-state index is -1.05. The molecule has 4 rings (SSSR count). The molecule has 5 N–H and O–H groups in total. The number of carbonyl (C=O) groups is 6. The molecule has 2 aliphatic rings. The largest absolute Gasteiger partial charge is 0.344 e. The highest BCUT2D eigenvalue weighted by molar-refractivity contribution is 6.38. The molecule has 0 bridgehead atoms. The number of tetrazole rings is 1. The van der Waals surface area contributed by atoms with Gasteiger partial charge in [0.05, 0.1) is 12.1 Å². The number of hydrogen-bond donors (Lipinski definition) is 5. The summed E-state index contributed by atoms with van der Waals surface area (Å²) < 4.78 is 0. The number of H-pyrrole nitrogens is 1. The number of nitrogens with one attached hydrogen (secondary N) is 5. The Morgan fingerprint density at radius 2 is 1.60 bits per heavy atom. The summed E-state index contributed by atoms with van der Waals surface area (Å²) in [4.78, 5) is 83.1. The van der Waals surface area contributed by atoms with Crippen molar-refractivity contribution in [2.24, 2.45) is 23.7 Å². The number of unbranched alkanes of at least 4 members (excludes halogenated alkanes) is 1. The molecule has 3 unspecified atom stereocenters. The second kappa shape index (κ2) is 19.4. The van der Waals surface area contributed by atoms with Gasteiger partial charge in [0, 0.05) is 19.4 Å². The van der Waals surface area contributed by atoms with Crippen molar-refractivity contribution in [1.29, 1.82) is 0 Å². The second-order valence-electron chi connectivity index (χ2n) is 15.2. The van der Waals surface area contributed by atoms with Crippen LogP contribution in [0.2, 0.25) is 0 Å². The first-order valence-corrected chi connectivity index (χ1v) is 19.1. The van der Waals surface area contributed by atoms with Crippen LogP contribution >= 0.6 is 0 Å². The number of hydrogen-bond acceptors (Lipinski definition) is 9. The Bertz CT molecular complexity index is 1550.